The molecular formula is C12H14BrN3O4S. The van der Waals surface area contributed by atoms with Crippen LogP contribution in [0, 0.1) is 0 Å². The summed E-state index contributed by atoms with van der Waals surface area (Å²) >= 11 is 3.23. The van der Waals surface area contributed by atoms with E-state index in [0.717, 1.165) is 0 Å². The first-order chi connectivity index (χ1) is 9.87. The van der Waals surface area contributed by atoms with Crippen molar-refractivity contribution in [3.8, 4) is 11.5 Å². The van der Waals surface area contributed by atoms with Gasteiger partial charge in [0.1, 0.15) is 4.90 Å². The lowest BCUT2D eigenvalue weighted by Crippen LogP contribution is -2.14. The molecule has 0 spiro atoms. The summed E-state index contributed by atoms with van der Waals surface area (Å²) in [5.41, 5.74) is 0. The van der Waals surface area contributed by atoms with Crippen molar-refractivity contribution in [2.45, 2.75) is 4.90 Å². The van der Waals surface area contributed by atoms with Gasteiger partial charge in [-0.15, -0.1) is 0 Å². The number of anilines is 1. The topological polar surface area (TPSA) is 82.5 Å². The lowest BCUT2D eigenvalue weighted by Gasteiger charge is -2.12. The fourth-order valence-corrected chi connectivity index (χ4v) is 3.74. The lowest BCUT2D eigenvalue weighted by molar-refractivity contribution is 0.353. The summed E-state index contributed by atoms with van der Waals surface area (Å²) in [6.45, 7) is 0. The fourth-order valence-electron chi connectivity index (χ4n) is 1.70. The Kier molecular flexibility index (Phi) is 4.43. The van der Waals surface area contributed by atoms with Crippen LogP contribution in [0.3, 0.4) is 0 Å². The molecule has 7 nitrogen and oxygen atoms in total. The predicted octanol–water partition coefficient (Wildman–Crippen LogP) is 2.00. The number of nitrogens with one attached hydrogen (secondary N) is 1. The Balaban J connectivity index is 2.44. The zero-order valence-corrected chi connectivity index (χ0v) is 14.0. The van der Waals surface area contributed by atoms with E-state index in [1.807, 2.05) is 0 Å². The van der Waals surface area contributed by atoms with Crippen LogP contribution in [-0.4, -0.2) is 32.4 Å². The number of ether oxygens (including phenoxy) is 2. The number of rotatable bonds is 5. The van der Waals surface area contributed by atoms with Crippen LogP contribution in [-0.2, 0) is 17.1 Å². The molecule has 0 radical (unpaired) electrons. The van der Waals surface area contributed by atoms with Gasteiger partial charge in [-0.3, -0.25) is 9.40 Å². The van der Waals surface area contributed by atoms with E-state index in [2.05, 4.69) is 25.8 Å². The van der Waals surface area contributed by atoms with Crippen molar-refractivity contribution in [1.82, 2.24) is 9.78 Å². The Bertz CT molecular complexity index is 758. The number of aryl methyl sites for hydroxylation is 1. The number of hydrogen-bond acceptors (Lipinski definition) is 5. The SMILES string of the molecule is COc1cc(Br)c(S(=O)(=O)Nc2ccn(C)n2)cc1OC. The van der Waals surface area contributed by atoms with E-state index in [1.165, 1.54) is 31.0 Å². The van der Waals surface area contributed by atoms with E-state index in [4.69, 9.17) is 9.47 Å². The van der Waals surface area contributed by atoms with E-state index >= 15 is 0 Å². The predicted molar refractivity (Wildman–Crippen MR) is 81.3 cm³/mol. The van der Waals surface area contributed by atoms with Crippen LogP contribution in [0.25, 0.3) is 0 Å². The largest absolute Gasteiger partial charge is 0.493 e. The van der Waals surface area contributed by atoms with Crippen molar-refractivity contribution in [2.24, 2.45) is 7.05 Å². The average Bonchev–Trinajstić information content (AvgIpc) is 2.82. The Morgan fingerprint density at radius 1 is 1.24 bits per heavy atom. The van der Waals surface area contributed by atoms with Crippen molar-refractivity contribution >= 4 is 31.8 Å². The second-order valence-electron chi connectivity index (χ2n) is 4.12. The van der Waals surface area contributed by atoms with E-state index < -0.39 is 10.0 Å². The lowest BCUT2D eigenvalue weighted by atomic mass is 10.3. The molecule has 1 aromatic heterocycles. The summed E-state index contributed by atoms with van der Waals surface area (Å²) in [5, 5.41) is 3.98. The van der Waals surface area contributed by atoms with Crippen LogP contribution < -0.4 is 14.2 Å². The van der Waals surface area contributed by atoms with Crippen molar-refractivity contribution < 1.29 is 17.9 Å². The third kappa shape index (κ3) is 3.30. The molecule has 0 unspecified atom stereocenters. The second kappa shape index (κ2) is 5.94. The zero-order chi connectivity index (χ0) is 15.6. The molecule has 0 aliphatic rings. The maximum absolute atomic E-state index is 12.4. The Morgan fingerprint density at radius 3 is 2.38 bits per heavy atom. The van der Waals surface area contributed by atoms with Crippen molar-refractivity contribution in [2.75, 3.05) is 18.9 Å². The standard InChI is InChI=1S/C12H14BrN3O4S/c1-16-5-4-12(14-16)15-21(17,18)11-7-10(20-3)9(19-2)6-8(11)13/h4-7H,1-3H3,(H,14,15). The average molecular weight is 376 g/mol. The minimum atomic E-state index is -3.80. The highest BCUT2D eigenvalue weighted by atomic mass is 79.9. The Labute approximate surface area is 131 Å². The van der Waals surface area contributed by atoms with Crippen LogP contribution in [0.5, 0.6) is 11.5 Å². The minimum Gasteiger partial charge on any atom is -0.493 e. The van der Waals surface area contributed by atoms with E-state index in [9.17, 15) is 8.42 Å². The van der Waals surface area contributed by atoms with Gasteiger partial charge < -0.3 is 9.47 Å². The highest BCUT2D eigenvalue weighted by molar-refractivity contribution is 9.10. The van der Waals surface area contributed by atoms with Gasteiger partial charge in [0.15, 0.2) is 17.3 Å². The molecule has 0 aliphatic heterocycles. The van der Waals surface area contributed by atoms with Crippen LogP contribution in [0.1, 0.15) is 0 Å². The molecule has 0 atom stereocenters. The van der Waals surface area contributed by atoms with Crippen LogP contribution >= 0.6 is 15.9 Å². The molecule has 0 fully saturated rings. The monoisotopic (exact) mass is 375 g/mol. The summed E-state index contributed by atoms with van der Waals surface area (Å²) in [5.74, 6) is 0.988. The minimum absolute atomic E-state index is 0.0332. The van der Waals surface area contributed by atoms with Gasteiger partial charge in [0.2, 0.25) is 0 Å². The molecule has 0 bridgehead atoms. The molecule has 1 heterocycles. The van der Waals surface area contributed by atoms with Crippen LogP contribution in [0.4, 0.5) is 5.82 Å². The number of hydrogen-bond donors (Lipinski definition) is 1. The van der Waals surface area contributed by atoms with E-state index in [1.54, 1.807) is 19.3 Å². The van der Waals surface area contributed by atoms with Gasteiger partial charge in [-0.05, 0) is 22.0 Å². The molecule has 0 saturated carbocycles. The van der Waals surface area contributed by atoms with Crippen LogP contribution in [0.2, 0.25) is 0 Å². The van der Waals surface area contributed by atoms with Gasteiger partial charge in [-0.25, -0.2) is 8.42 Å². The summed E-state index contributed by atoms with van der Waals surface area (Å²) in [6, 6.07) is 4.48. The van der Waals surface area contributed by atoms with E-state index in [0.29, 0.717) is 16.0 Å². The van der Waals surface area contributed by atoms with Gasteiger partial charge in [-0.2, -0.15) is 5.10 Å². The fraction of sp³-hybridized carbons (Fsp3) is 0.250. The Morgan fingerprint density at radius 2 is 1.86 bits per heavy atom. The molecule has 9 heteroatoms. The molecular weight excluding hydrogens is 362 g/mol. The summed E-state index contributed by atoms with van der Waals surface area (Å²) in [6.07, 6.45) is 1.64. The number of nitrogens with zero attached hydrogens (tertiary/aromatic N) is 2. The number of halogens is 1. The van der Waals surface area contributed by atoms with Gasteiger partial charge in [0, 0.05) is 29.8 Å². The maximum atomic E-state index is 12.4. The molecule has 2 rings (SSSR count). The molecule has 114 valence electrons. The molecule has 0 aliphatic carbocycles. The molecule has 1 aromatic carbocycles. The first-order valence-corrected chi connectivity index (χ1v) is 8.09. The smallest absolute Gasteiger partial charge is 0.264 e. The first kappa shape index (κ1) is 15.6. The van der Waals surface area contributed by atoms with Crippen molar-refractivity contribution in [3.05, 3.63) is 28.9 Å². The normalized spacial score (nSPS) is 11.2. The third-order valence-corrected chi connectivity index (χ3v) is 4.99. The summed E-state index contributed by atoms with van der Waals surface area (Å²) in [7, 11) is 0.818. The van der Waals surface area contributed by atoms with E-state index in [-0.39, 0.29) is 10.7 Å². The number of aromatic nitrogens is 2. The number of sulfonamides is 1. The third-order valence-electron chi connectivity index (χ3n) is 2.68. The van der Waals surface area contributed by atoms with Gasteiger partial charge in [0.05, 0.1) is 14.2 Å². The van der Waals surface area contributed by atoms with Crippen molar-refractivity contribution in [3.63, 3.8) is 0 Å². The van der Waals surface area contributed by atoms with Crippen LogP contribution in [0.15, 0.2) is 33.8 Å². The maximum Gasteiger partial charge on any atom is 0.264 e. The van der Waals surface area contributed by atoms with Crippen molar-refractivity contribution in [1.29, 1.82) is 0 Å². The Hall–Kier alpha value is -1.74. The van der Waals surface area contributed by atoms with Gasteiger partial charge in [-0.1, -0.05) is 0 Å². The molecule has 1 N–H and O–H groups in total. The molecule has 21 heavy (non-hydrogen) atoms. The summed E-state index contributed by atoms with van der Waals surface area (Å²) < 4.78 is 39.3. The number of methoxy groups -OCH3 is 2. The molecule has 2 aromatic rings. The highest BCUT2D eigenvalue weighted by Crippen LogP contribution is 2.35. The quantitative estimate of drug-likeness (QED) is 0.863. The highest BCUT2D eigenvalue weighted by Gasteiger charge is 2.22. The first-order valence-electron chi connectivity index (χ1n) is 5.81. The summed E-state index contributed by atoms with van der Waals surface area (Å²) in [4.78, 5) is 0.0332. The number of benzene rings is 1. The molecule has 0 saturated heterocycles. The van der Waals surface area contributed by atoms with Gasteiger partial charge in [0.25, 0.3) is 10.0 Å². The second-order valence-corrected chi connectivity index (χ2v) is 6.62. The zero-order valence-electron chi connectivity index (χ0n) is 11.6. The molecule has 0 amide bonds. The van der Waals surface area contributed by atoms with Gasteiger partial charge >= 0.3 is 0 Å².